The lowest BCUT2D eigenvalue weighted by Crippen LogP contribution is -2.13. The van der Waals surface area contributed by atoms with Gasteiger partial charge in [-0.05, 0) is 26.0 Å². The normalized spacial score (nSPS) is 16.9. The van der Waals surface area contributed by atoms with Crippen LogP contribution in [0, 0.1) is 4.78 Å². The molecule has 1 rings (SSSR count). The first-order valence-electron chi connectivity index (χ1n) is 3.60. The van der Waals surface area contributed by atoms with E-state index in [1.165, 1.54) is 6.07 Å². The fourth-order valence-corrected chi connectivity index (χ4v) is 2.59. The molecule has 0 amide bonds. The summed E-state index contributed by atoms with van der Waals surface area (Å²) in [6.07, 6.45) is 0. The molecule has 0 aliphatic rings. The molecule has 0 aliphatic heterocycles. The molecule has 0 radical (unpaired) electrons. The first-order chi connectivity index (χ1) is 5.71. The van der Waals surface area contributed by atoms with Crippen LogP contribution in [0.15, 0.2) is 16.3 Å². The molecular weight excluding hydrogens is 208 g/mol. The highest BCUT2D eigenvalue weighted by molar-refractivity contribution is 7.92. The van der Waals surface area contributed by atoms with Crippen LogP contribution in [0.2, 0.25) is 0 Å². The Morgan fingerprint density at radius 1 is 1.62 bits per heavy atom. The number of thiophene rings is 1. The number of hydrogen-bond acceptors (Lipinski definition) is 4. The van der Waals surface area contributed by atoms with Crippen molar-refractivity contribution in [3.8, 4) is 0 Å². The van der Waals surface area contributed by atoms with Gasteiger partial charge in [0.05, 0.1) is 5.60 Å². The smallest absolute Gasteiger partial charge is 0.141 e. The van der Waals surface area contributed by atoms with E-state index in [1.54, 1.807) is 19.9 Å². The molecule has 0 saturated carbocycles. The standard InChI is InChI=1S/C7H12N2O2S2/c1-7(2,10)5-3-4-6(12-5)13(8,9)11/h3-4,10H,1-2H3,(H3,8,9,11). The van der Waals surface area contributed by atoms with Crippen molar-refractivity contribution in [2.45, 2.75) is 23.7 Å². The van der Waals surface area contributed by atoms with Crippen LogP contribution in [-0.4, -0.2) is 9.32 Å². The van der Waals surface area contributed by atoms with E-state index in [4.69, 9.17) is 9.92 Å². The maximum absolute atomic E-state index is 11.1. The molecule has 74 valence electrons. The third-order valence-corrected chi connectivity index (χ3v) is 4.40. The fourth-order valence-electron chi connectivity index (χ4n) is 0.812. The maximum Gasteiger partial charge on any atom is 0.141 e. The van der Waals surface area contributed by atoms with Crippen molar-refractivity contribution >= 4 is 21.3 Å². The Hall–Kier alpha value is -0.430. The van der Waals surface area contributed by atoms with Crippen LogP contribution in [0.3, 0.4) is 0 Å². The number of aliphatic hydroxyl groups is 1. The Kier molecular flexibility index (Phi) is 2.50. The molecule has 1 aromatic heterocycles. The molecule has 6 heteroatoms. The fraction of sp³-hybridized carbons (Fsp3) is 0.429. The van der Waals surface area contributed by atoms with E-state index in [1.807, 2.05) is 0 Å². The van der Waals surface area contributed by atoms with Gasteiger partial charge in [-0.1, -0.05) is 0 Å². The van der Waals surface area contributed by atoms with Gasteiger partial charge in [0.1, 0.15) is 14.1 Å². The highest BCUT2D eigenvalue weighted by atomic mass is 32.2. The molecule has 1 atom stereocenters. The lowest BCUT2D eigenvalue weighted by Gasteiger charge is -2.13. The predicted molar refractivity (Wildman–Crippen MR) is 52.9 cm³/mol. The summed E-state index contributed by atoms with van der Waals surface area (Å²) in [5, 5.41) is 14.7. The Labute approximate surface area is 81.5 Å². The summed E-state index contributed by atoms with van der Waals surface area (Å²) < 4.78 is 18.5. The SMILES string of the molecule is CC(C)(O)c1ccc(S(=N)(N)=O)s1. The minimum absolute atomic E-state index is 0.296. The zero-order chi connectivity index (χ0) is 10.3. The molecule has 0 aliphatic carbocycles. The van der Waals surface area contributed by atoms with E-state index in [-0.39, 0.29) is 0 Å². The lowest BCUT2D eigenvalue weighted by molar-refractivity contribution is 0.0825. The molecule has 0 spiro atoms. The molecule has 1 heterocycles. The quantitative estimate of drug-likeness (QED) is 0.700. The van der Waals surface area contributed by atoms with E-state index in [0.717, 1.165) is 11.3 Å². The van der Waals surface area contributed by atoms with Crippen molar-refractivity contribution in [3.63, 3.8) is 0 Å². The minimum atomic E-state index is -3.13. The highest BCUT2D eigenvalue weighted by Crippen LogP contribution is 2.29. The van der Waals surface area contributed by atoms with Crippen molar-refractivity contribution in [2.24, 2.45) is 5.14 Å². The molecule has 0 aromatic carbocycles. The molecule has 0 bridgehead atoms. The Morgan fingerprint density at radius 3 is 2.38 bits per heavy atom. The first kappa shape index (κ1) is 10.6. The van der Waals surface area contributed by atoms with Gasteiger partial charge in [-0.25, -0.2) is 14.1 Å². The van der Waals surface area contributed by atoms with Gasteiger partial charge >= 0.3 is 0 Å². The van der Waals surface area contributed by atoms with Crippen LogP contribution in [-0.2, 0) is 15.5 Å². The average Bonchev–Trinajstić information content (AvgIpc) is 2.28. The summed E-state index contributed by atoms with van der Waals surface area (Å²) in [6, 6.07) is 3.16. The molecule has 1 aromatic rings. The van der Waals surface area contributed by atoms with Crippen molar-refractivity contribution in [1.29, 1.82) is 4.78 Å². The van der Waals surface area contributed by atoms with Gasteiger partial charge in [-0.3, -0.25) is 0 Å². The molecular formula is C7H12N2O2S2. The Balaban J connectivity index is 3.16. The van der Waals surface area contributed by atoms with Gasteiger partial charge in [0.2, 0.25) is 0 Å². The summed E-state index contributed by atoms with van der Waals surface area (Å²) in [4.78, 5) is 0.660. The second kappa shape index (κ2) is 3.06. The van der Waals surface area contributed by atoms with Crippen LogP contribution >= 0.6 is 11.3 Å². The maximum atomic E-state index is 11.1. The van der Waals surface area contributed by atoms with Gasteiger partial charge in [-0.15, -0.1) is 11.3 Å². The third kappa shape index (κ3) is 2.50. The number of hydrogen-bond donors (Lipinski definition) is 3. The van der Waals surface area contributed by atoms with E-state index in [0.29, 0.717) is 9.09 Å². The predicted octanol–water partition coefficient (Wildman–Crippen LogP) is 1.25. The van der Waals surface area contributed by atoms with Crippen molar-refractivity contribution in [1.82, 2.24) is 0 Å². The molecule has 4 nitrogen and oxygen atoms in total. The highest BCUT2D eigenvalue weighted by Gasteiger charge is 2.20. The van der Waals surface area contributed by atoms with Gasteiger partial charge in [0, 0.05) is 4.88 Å². The summed E-state index contributed by atoms with van der Waals surface area (Å²) in [6.45, 7) is 3.26. The monoisotopic (exact) mass is 220 g/mol. The van der Waals surface area contributed by atoms with Crippen molar-refractivity contribution < 1.29 is 9.32 Å². The minimum Gasteiger partial charge on any atom is -0.385 e. The second-order valence-electron chi connectivity index (χ2n) is 3.28. The molecule has 0 fully saturated rings. The van der Waals surface area contributed by atoms with Gasteiger partial charge in [0.25, 0.3) is 0 Å². The average molecular weight is 220 g/mol. The summed E-state index contributed by atoms with van der Waals surface area (Å²) in [7, 11) is -3.13. The molecule has 4 N–H and O–H groups in total. The number of nitrogens with one attached hydrogen (secondary N) is 1. The Bertz CT molecular complexity index is 400. The zero-order valence-corrected chi connectivity index (χ0v) is 9.04. The van der Waals surface area contributed by atoms with E-state index < -0.39 is 15.5 Å². The number of nitrogens with two attached hydrogens (primary N) is 1. The van der Waals surface area contributed by atoms with Crippen LogP contribution in [0.1, 0.15) is 18.7 Å². The van der Waals surface area contributed by atoms with Crippen LogP contribution in [0.5, 0.6) is 0 Å². The first-order valence-corrected chi connectivity index (χ1v) is 6.04. The van der Waals surface area contributed by atoms with Crippen molar-refractivity contribution in [2.75, 3.05) is 0 Å². The van der Waals surface area contributed by atoms with Crippen LogP contribution < -0.4 is 5.14 Å². The van der Waals surface area contributed by atoms with Crippen molar-refractivity contribution in [3.05, 3.63) is 17.0 Å². The van der Waals surface area contributed by atoms with Gasteiger partial charge in [0.15, 0.2) is 0 Å². The summed E-state index contributed by atoms with van der Waals surface area (Å²) in [5.74, 6) is 0. The summed E-state index contributed by atoms with van der Waals surface area (Å²) in [5.41, 5.74) is -0.965. The largest absolute Gasteiger partial charge is 0.385 e. The second-order valence-corrected chi connectivity index (χ2v) is 6.26. The zero-order valence-electron chi connectivity index (χ0n) is 7.40. The third-order valence-electron chi connectivity index (χ3n) is 1.48. The molecule has 0 saturated heterocycles. The van der Waals surface area contributed by atoms with Gasteiger partial charge in [-0.2, -0.15) is 0 Å². The topological polar surface area (TPSA) is 87.2 Å². The van der Waals surface area contributed by atoms with Crippen LogP contribution in [0.4, 0.5) is 0 Å². The van der Waals surface area contributed by atoms with Crippen LogP contribution in [0.25, 0.3) is 0 Å². The number of rotatable bonds is 2. The summed E-state index contributed by atoms with van der Waals surface area (Å²) >= 11 is 1.11. The van der Waals surface area contributed by atoms with E-state index in [2.05, 4.69) is 0 Å². The molecule has 13 heavy (non-hydrogen) atoms. The Morgan fingerprint density at radius 2 is 2.15 bits per heavy atom. The molecule has 1 unspecified atom stereocenters. The van der Waals surface area contributed by atoms with E-state index in [9.17, 15) is 9.32 Å². The van der Waals surface area contributed by atoms with Gasteiger partial charge < -0.3 is 5.11 Å². The van der Waals surface area contributed by atoms with E-state index >= 15 is 0 Å². The lowest BCUT2D eigenvalue weighted by atomic mass is 10.1.